The van der Waals surface area contributed by atoms with Crippen molar-refractivity contribution in [1.82, 2.24) is 5.32 Å². The van der Waals surface area contributed by atoms with Crippen LogP contribution in [0.5, 0.6) is 5.75 Å². The summed E-state index contributed by atoms with van der Waals surface area (Å²) in [5.74, 6) is -0.159. The van der Waals surface area contributed by atoms with Crippen LogP contribution in [0.2, 0.25) is 0 Å². The zero-order valence-corrected chi connectivity index (χ0v) is 8.93. The van der Waals surface area contributed by atoms with E-state index in [-0.39, 0.29) is 17.2 Å². The summed E-state index contributed by atoms with van der Waals surface area (Å²) in [7, 11) is 0. The molecule has 0 saturated heterocycles. The molecule has 1 rings (SSSR count). The Kier molecular flexibility index (Phi) is 4.27. The third kappa shape index (κ3) is 3.24. The van der Waals surface area contributed by atoms with Gasteiger partial charge in [0.1, 0.15) is 5.75 Å². The van der Waals surface area contributed by atoms with Gasteiger partial charge >= 0.3 is 0 Å². The third-order valence-corrected chi connectivity index (χ3v) is 2.00. The Labute approximate surface area is 93.6 Å². The molecule has 0 heterocycles. The first-order valence-electron chi connectivity index (χ1n) is 4.83. The summed E-state index contributed by atoms with van der Waals surface area (Å²) >= 11 is 0. The lowest BCUT2D eigenvalue weighted by atomic mass is 10.1. The molecule has 4 heteroatoms. The second-order valence-corrected chi connectivity index (χ2v) is 3.24. The topological polar surface area (TPSA) is 66.4 Å². The Bertz CT molecular complexity index is 424. The molecule has 1 aromatic rings. The molecule has 0 aliphatic carbocycles. The van der Waals surface area contributed by atoms with Crippen LogP contribution in [0.15, 0.2) is 24.3 Å². The summed E-state index contributed by atoms with van der Waals surface area (Å²) in [6, 6.07) is 4.82. The number of benzene rings is 1. The van der Waals surface area contributed by atoms with Gasteiger partial charge in [0, 0.05) is 13.5 Å². The highest BCUT2D eigenvalue weighted by Crippen LogP contribution is 2.19. The molecule has 0 radical (unpaired) electrons. The van der Waals surface area contributed by atoms with E-state index in [1.807, 2.05) is 0 Å². The minimum Gasteiger partial charge on any atom is -0.507 e. The fourth-order valence-electron chi connectivity index (χ4n) is 1.23. The SMILES string of the molecule is CC(=O)NCC=Cc1cccc(O)c1C=O. The highest BCUT2D eigenvalue weighted by Gasteiger charge is 2.02. The largest absolute Gasteiger partial charge is 0.507 e. The van der Waals surface area contributed by atoms with Crippen LogP contribution in [0.4, 0.5) is 0 Å². The summed E-state index contributed by atoms with van der Waals surface area (Å²) in [5.41, 5.74) is 0.877. The molecule has 1 aromatic carbocycles. The number of aromatic hydroxyl groups is 1. The van der Waals surface area contributed by atoms with Crippen LogP contribution in [0.3, 0.4) is 0 Å². The van der Waals surface area contributed by atoms with E-state index in [1.165, 1.54) is 13.0 Å². The van der Waals surface area contributed by atoms with Gasteiger partial charge in [0.25, 0.3) is 0 Å². The van der Waals surface area contributed by atoms with Gasteiger partial charge in [-0.05, 0) is 11.6 Å². The fourth-order valence-corrected chi connectivity index (χ4v) is 1.23. The van der Waals surface area contributed by atoms with Gasteiger partial charge in [-0.15, -0.1) is 0 Å². The van der Waals surface area contributed by atoms with Crippen molar-refractivity contribution >= 4 is 18.3 Å². The third-order valence-electron chi connectivity index (χ3n) is 2.00. The van der Waals surface area contributed by atoms with E-state index in [4.69, 9.17) is 0 Å². The number of carbonyl (C=O) groups is 2. The van der Waals surface area contributed by atoms with Crippen LogP contribution < -0.4 is 5.32 Å². The molecule has 0 spiro atoms. The van der Waals surface area contributed by atoms with Gasteiger partial charge in [-0.1, -0.05) is 24.3 Å². The lowest BCUT2D eigenvalue weighted by Crippen LogP contribution is -2.19. The van der Waals surface area contributed by atoms with Crippen molar-refractivity contribution in [1.29, 1.82) is 0 Å². The Hall–Kier alpha value is -2.10. The first-order chi connectivity index (χ1) is 7.65. The van der Waals surface area contributed by atoms with Crippen molar-refractivity contribution in [3.05, 3.63) is 35.4 Å². The molecule has 0 aliphatic rings. The molecule has 0 aliphatic heterocycles. The molecule has 4 nitrogen and oxygen atoms in total. The van der Waals surface area contributed by atoms with Crippen molar-refractivity contribution in [3.8, 4) is 5.75 Å². The molecule has 0 saturated carbocycles. The number of phenols is 1. The van der Waals surface area contributed by atoms with E-state index in [1.54, 1.807) is 24.3 Å². The number of carbonyl (C=O) groups excluding carboxylic acids is 2. The molecular formula is C12H13NO3. The van der Waals surface area contributed by atoms with E-state index in [0.29, 0.717) is 18.4 Å². The second-order valence-electron chi connectivity index (χ2n) is 3.24. The van der Waals surface area contributed by atoms with E-state index in [0.717, 1.165) is 0 Å². The number of phenolic OH excluding ortho intramolecular Hbond substituents is 1. The van der Waals surface area contributed by atoms with Gasteiger partial charge in [-0.3, -0.25) is 9.59 Å². The van der Waals surface area contributed by atoms with Gasteiger partial charge in [-0.2, -0.15) is 0 Å². The molecule has 0 fully saturated rings. The molecule has 0 bridgehead atoms. The first-order valence-corrected chi connectivity index (χ1v) is 4.83. The predicted octanol–water partition coefficient (Wildman–Crippen LogP) is 1.35. The summed E-state index contributed by atoms with van der Waals surface area (Å²) in [6.07, 6.45) is 4.00. The van der Waals surface area contributed by atoms with Gasteiger partial charge in [0.05, 0.1) is 5.56 Å². The molecule has 0 unspecified atom stereocenters. The number of hydrogen-bond donors (Lipinski definition) is 2. The number of aldehydes is 1. The standard InChI is InChI=1S/C12H13NO3/c1-9(15)13-7-3-5-10-4-2-6-12(16)11(10)8-14/h2-6,8,16H,7H2,1H3,(H,13,15). The van der Waals surface area contributed by atoms with Crippen LogP contribution in [-0.4, -0.2) is 23.8 Å². The molecule has 0 aromatic heterocycles. The Morgan fingerprint density at radius 2 is 2.25 bits per heavy atom. The smallest absolute Gasteiger partial charge is 0.217 e. The van der Waals surface area contributed by atoms with E-state index in [9.17, 15) is 14.7 Å². The average Bonchev–Trinajstić information content (AvgIpc) is 2.24. The van der Waals surface area contributed by atoms with E-state index >= 15 is 0 Å². The first kappa shape index (κ1) is 12.0. The number of nitrogens with one attached hydrogen (secondary N) is 1. The zero-order valence-electron chi connectivity index (χ0n) is 8.93. The van der Waals surface area contributed by atoms with Crippen LogP contribution in [0.1, 0.15) is 22.8 Å². The summed E-state index contributed by atoms with van der Waals surface area (Å²) < 4.78 is 0. The summed E-state index contributed by atoms with van der Waals surface area (Å²) in [4.78, 5) is 21.3. The minimum absolute atomic E-state index is 0.0447. The average molecular weight is 219 g/mol. The van der Waals surface area contributed by atoms with Crippen molar-refractivity contribution in [3.63, 3.8) is 0 Å². The molecule has 0 atom stereocenters. The van der Waals surface area contributed by atoms with Crippen LogP contribution in [0.25, 0.3) is 6.08 Å². The van der Waals surface area contributed by atoms with E-state index in [2.05, 4.69) is 5.32 Å². The van der Waals surface area contributed by atoms with Crippen molar-refractivity contribution in [2.45, 2.75) is 6.92 Å². The highest BCUT2D eigenvalue weighted by molar-refractivity contribution is 5.85. The zero-order chi connectivity index (χ0) is 12.0. The van der Waals surface area contributed by atoms with Crippen molar-refractivity contribution in [2.24, 2.45) is 0 Å². The predicted molar refractivity (Wildman–Crippen MR) is 61.2 cm³/mol. The van der Waals surface area contributed by atoms with Crippen LogP contribution >= 0.6 is 0 Å². The monoisotopic (exact) mass is 219 g/mol. The van der Waals surface area contributed by atoms with Gasteiger partial charge in [-0.25, -0.2) is 0 Å². The number of rotatable bonds is 4. The minimum atomic E-state index is -0.115. The Balaban J connectivity index is 2.76. The Morgan fingerprint density at radius 1 is 1.50 bits per heavy atom. The van der Waals surface area contributed by atoms with Crippen molar-refractivity contribution < 1.29 is 14.7 Å². The maximum atomic E-state index is 10.7. The molecule has 2 N–H and O–H groups in total. The summed E-state index contributed by atoms with van der Waals surface area (Å²) in [5, 5.41) is 12.0. The molecule has 84 valence electrons. The maximum absolute atomic E-state index is 10.7. The molecule has 16 heavy (non-hydrogen) atoms. The normalized spacial score (nSPS) is 10.3. The highest BCUT2D eigenvalue weighted by atomic mass is 16.3. The Morgan fingerprint density at radius 3 is 2.88 bits per heavy atom. The number of hydrogen-bond acceptors (Lipinski definition) is 3. The van der Waals surface area contributed by atoms with Gasteiger partial charge < -0.3 is 10.4 Å². The number of amides is 1. The van der Waals surface area contributed by atoms with Crippen LogP contribution in [0, 0.1) is 0 Å². The lowest BCUT2D eigenvalue weighted by Gasteiger charge is -2.01. The summed E-state index contributed by atoms with van der Waals surface area (Å²) in [6.45, 7) is 1.82. The van der Waals surface area contributed by atoms with Gasteiger partial charge in [0.2, 0.25) is 5.91 Å². The van der Waals surface area contributed by atoms with Gasteiger partial charge in [0.15, 0.2) is 6.29 Å². The van der Waals surface area contributed by atoms with Crippen molar-refractivity contribution in [2.75, 3.05) is 6.54 Å². The quantitative estimate of drug-likeness (QED) is 0.751. The molecule has 1 amide bonds. The van der Waals surface area contributed by atoms with E-state index < -0.39 is 0 Å². The molecular weight excluding hydrogens is 206 g/mol. The lowest BCUT2D eigenvalue weighted by molar-refractivity contribution is -0.118. The second kappa shape index (κ2) is 5.70. The fraction of sp³-hybridized carbons (Fsp3) is 0.167. The van der Waals surface area contributed by atoms with Crippen LogP contribution in [-0.2, 0) is 4.79 Å². The maximum Gasteiger partial charge on any atom is 0.217 e.